The highest BCUT2D eigenvalue weighted by Crippen LogP contribution is 2.38. The van der Waals surface area contributed by atoms with Gasteiger partial charge in [-0.1, -0.05) is 17.7 Å². The molecule has 0 radical (unpaired) electrons. The van der Waals surface area contributed by atoms with E-state index in [0.29, 0.717) is 54.4 Å². The Hall–Kier alpha value is -2.61. The van der Waals surface area contributed by atoms with Crippen LogP contribution < -0.4 is 9.64 Å². The lowest BCUT2D eigenvalue weighted by Gasteiger charge is -2.37. The molecule has 3 fully saturated rings. The predicted octanol–water partition coefficient (Wildman–Crippen LogP) is 2.03. The van der Waals surface area contributed by atoms with Gasteiger partial charge in [0.05, 0.1) is 43.2 Å². The van der Waals surface area contributed by atoms with E-state index in [2.05, 4.69) is 19.8 Å². The minimum absolute atomic E-state index is 0.0496. The number of piperidine rings is 1. The van der Waals surface area contributed by atoms with Crippen molar-refractivity contribution in [2.24, 2.45) is 5.92 Å². The fourth-order valence-electron chi connectivity index (χ4n) is 7.00. The van der Waals surface area contributed by atoms with Crippen molar-refractivity contribution >= 4 is 23.5 Å². The van der Waals surface area contributed by atoms with E-state index in [1.54, 1.807) is 29.4 Å². The van der Waals surface area contributed by atoms with E-state index in [0.717, 1.165) is 58.0 Å². The lowest BCUT2D eigenvalue weighted by Crippen LogP contribution is -2.53. The molecule has 4 heterocycles. The Labute approximate surface area is 268 Å². The van der Waals surface area contributed by atoms with Crippen molar-refractivity contribution in [1.29, 1.82) is 0 Å². The number of β-amino-alcohol motifs (C(OH)–C–C–N with tert-alkyl or cyclic N) is 1. The molecule has 1 aromatic heterocycles. The van der Waals surface area contributed by atoms with Crippen LogP contribution in [-0.2, 0) is 11.2 Å². The van der Waals surface area contributed by atoms with Gasteiger partial charge in [-0.05, 0) is 69.0 Å². The van der Waals surface area contributed by atoms with Gasteiger partial charge in [0, 0.05) is 44.3 Å². The number of amides is 1. The molecule has 0 aliphatic carbocycles. The number of carbonyl (C=O) groups is 1. The van der Waals surface area contributed by atoms with Crippen LogP contribution in [0.1, 0.15) is 50.5 Å². The van der Waals surface area contributed by atoms with E-state index in [1.165, 1.54) is 6.07 Å². The number of anilines is 1. The minimum Gasteiger partial charge on any atom is -0.493 e. The molecule has 1 aromatic carbocycles. The largest absolute Gasteiger partial charge is 0.493 e. The molecule has 45 heavy (non-hydrogen) atoms. The lowest BCUT2D eigenvalue weighted by molar-refractivity contribution is -0.130. The zero-order chi connectivity index (χ0) is 32.0. The van der Waals surface area contributed by atoms with Crippen LogP contribution in [0.15, 0.2) is 30.6 Å². The number of likely N-dealkylation sites (tertiary alicyclic amines) is 2. The Kier molecular flexibility index (Phi) is 11.5. The topological polar surface area (TPSA) is 143 Å². The van der Waals surface area contributed by atoms with Crippen molar-refractivity contribution in [3.05, 3.63) is 47.0 Å². The van der Waals surface area contributed by atoms with Crippen molar-refractivity contribution < 1.29 is 34.3 Å². The highest BCUT2D eigenvalue weighted by molar-refractivity contribution is 6.30. The zero-order valence-electron chi connectivity index (χ0n) is 25.6. The molecule has 4 N–H and O–H groups in total. The molecule has 5 rings (SSSR count). The molecule has 1 amide bonds. The summed E-state index contributed by atoms with van der Waals surface area (Å²) in [6.07, 6.45) is 5.55. The SMILES string of the molecule is O=C(Cc1ccc(OCCCC2CCN(c3ncc(Cl)cn3)CC2)cc1F)N1CCC2(CCCN2C[C@H](O)[C@H](O)[C@H](O)CO)C1. The third-order valence-electron chi connectivity index (χ3n) is 9.70. The first-order valence-corrected chi connectivity index (χ1v) is 16.4. The third kappa shape index (κ3) is 8.41. The Morgan fingerprint density at radius 3 is 2.56 bits per heavy atom. The number of hydrogen-bond donors (Lipinski definition) is 4. The molecule has 3 aliphatic heterocycles. The molecular formula is C32H45ClFN5O6. The standard InChI is InChI=1S/C32H45ClFN5O6/c33-24-17-35-31(36-18-24)37-11-6-22(7-12-37)3-1-14-45-25-5-4-23(26(34)16-25)15-29(43)38-13-9-32(21-38)8-2-10-39(32)19-27(41)30(44)28(42)20-40/h4-5,16-18,22,27-28,30,40-42,44H,1-3,6-15,19-21H2/t27-,28+,30-,32?/m0/s1. The van der Waals surface area contributed by atoms with Crippen molar-refractivity contribution in [2.45, 2.75) is 75.2 Å². The maximum atomic E-state index is 15.0. The van der Waals surface area contributed by atoms with Gasteiger partial charge in [0.2, 0.25) is 11.9 Å². The maximum Gasteiger partial charge on any atom is 0.227 e. The third-order valence-corrected chi connectivity index (χ3v) is 9.90. The van der Waals surface area contributed by atoms with Gasteiger partial charge in [-0.25, -0.2) is 14.4 Å². The van der Waals surface area contributed by atoms with Crippen LogP contribution in [0, 0.1) is 11.7 Å². The number of hydrogen-bond acceptors (Lipinski definition) is 10. The summed E-state index contributed by atoms with van der Waals surface area (Å²) < 4.78 is 20.8. The van der Waals surface area contributed by atoms with Crippen LogP contribution in [-0.4, -0.2) is 122 Å². The fraction of sp³-hybridized carbons (Fsp3) is 0.656. The first-order chi connectivity index (χ1) is 21.7. The first kappa shape index (κ1) is 33.7. The van der Waals surface area contributed by atoms with Gasteiger partial charge in [-0.15, -0.1) is 0 Å². The molecule has 13 heteroatoms. The first-order valence-electron chi connectivity index (χ1n) is 16.0. The van der Waals surface area contributed by atoms with E-state index in [9.17, 15) is 24.5 Å². The van der Waals surface area contributed by atoms with Crippen molar-refractivity contribution in [2.75, 3.05) is 57.4 Å². The summed E-state index contributed by atoms with van der Waals surface area (Å²) in [5.41, 5.74) is 0.00310. The number of aliphatic hydroxyl groups excluding tert-OH is 4. The Morgan fingerprint density at radius 1 is 1.09 bits per heavy atom. The van der Waals surface area contributed by atoms with E-state index in [4.69, 9.17) is 21.4 Å². The summed E-state index contributed by atoms with van der Waals surface area (Å²) in [5, 5.41) is 39.8. The van der Waals surface area contributed by atoms with Crippen LogP contribution >= 0.6 is 11.6 Å². The Morgan fingerprint density at radius 2 is 1.84 bits per heavy atom. The molecule has 3 saturated heterocycles. The van der Waals surface area contributed by atoms with Gasteiger partial charge in [-0.2, -0.15) is 0 Å². The predicted molar refractivity (Wildman–Crippen MR) is 167 cm³/mol. The molecule has 0 saturated carbocycles. The number of halogens is 2. The molecule has 248 valence electrons. The highest BCUT2D eigenvalue weighted by Gasteiger charge is 2.48. The minimum atomic E-state index is -1.46. The zero-order valence-corrected chi connectivity index (χ0v) is 26.4. The summed E-state index contributed by atoms with van der Waals surface area (Å²) >= 11 is 5.89. The maximum absolute atomic E-state index is 15.0. The average molecular weight is 650 g/mol. The van der Waals surface area contributed by atoms with Crippen LogP contribution in [0.5, 0.6) is 5.75 Å². The molecule has 4 atom stereocenters. The monoisotopic (exact) mass is 649 g/mol. The highest BCUT2D eigenvalue weighted by atomic mass is 35.5. The van der Waals surface area contributed by atoms with Gasteiger partial charge >= 0.3 is 0 Å². The van der Waals surface area contributed by atoms with Crippen molar-refractivity contribution in [1.82, 2.24) is 19.8 Å². The normalized spacial score (nSPS) is 23.1. The van der Waals surface area contributed by atoms with E-state index >= 15 is 0 Å². The number of rotatable bonds is 13. The molecular weight excluding hydrogens is 605 g/mol. The molecule has 2 aromatic rings. The molecule has 1 unspecified atom stereocenters. The number of ether oxygens (including phenoxy) is 1. The molecule has 3 aliphatic rings. The number of nitrogens with zero attached hydrogens (tertiary/aromatic N) is 5. The second kappa shape index (κ2) is 15.3. The van der Waals surface area contributed by atoms with Gasteiger partial charge < -0.3 is 35.0 Å². The van der Waals surface area contributed by atoms with Crippen LogP contribution in [0.4, 0.5) is 10.3 Å². The number of carbonyl (C=O) groups excluding carboxylic acids is 1. The molecule has 0 bridgehead atoms. The average Bonchev–Trinajstić information content (AvgIpc) is 3.66. The van der Waals surface area contributed by atoms with Gasteiger partial charge in [0.1, 0.15) is 23.8 Å². The van der Waals surface area contributed by atoms with Gasteiger partial charge in [-0.3, -0.25) is 9.69 Å². The van der Waals surface area contributed by atoms with Crippen LogP contribution in [0.3, 0.4) is 0 Å². The Bertz CT molecular complexity index is 1270. The second-order valence-electron chi connectivity index (χ2n) is 12.7. The van der Waals surface area contributed by atoms with Crippen LogP contribution in [0.2, 0.25) is 5.02 Å². The molecule has 1 spiro atoms. The quantitative estimate of drug-likeness (QED) is 0.238. The summed E-state index contributed by atoms with van der Waals surface area (Å²) in [4.78, 5) is 27.8. The second-order valence-corrected chi connectivity index (χ2v) is 13.1. The van der Waals surface area contributed by atoms with Crippen LogP contribution in [0.25, 0.3) is 0 Å². The van der Waals surface area contributed by atoms with Gasteiger partial charge in [0.25, 0.3) is 0 Å². The summed E-state index contributed by atoms with van der Waals surface area (Å²) in [6.45, 7) is 3.50. The van der Waals surface area contributed by atoms with Crippen molar-refractivity contribution in [3.8, 4) is 5.75 Å². The van der Waals surface area contributed by atoms with Crippen molar-refractivity contribution in [3.63, 3.8) is 0 Å². The van der Waals surface area contributed by atoms with E-state index in [-0.39, 0.29) is 24.4 Å². The number of benzene rings is 1. The number of aliphatic hydroxyl groups is 4. The smallest absolute Gasteiger partial charge is 0.227 e. The Balaban J connectivity index is 1.03. The number of aromatic nitrogens is 2. The fourth-order valence-corrected chi connectivity index (χ4v) is 7.09. The van der Waals surface area contributed by atoms with Gasteiger partial charge in [0.15, 0.2) is 0 Å². The van der Waals surface area contributed by atoms with E-state index < -0.39 is 30.7 Å². The lowest BCUT2D eigenvalue weighted by atomic mass is 9.92. The summed E-state index contributed by atoms with van der Waals surface area (Å²) in [6, 6.07) is 4.69. The van der Waals surface area contributed by atoms with E-state index in [1.807, 2.05) is 0 Å². The summed E-state index contributed by atoms with van der Waals surface area (Å²) in [7, 11) is 0. The molecule has 11 nitrogen and oxygen atoms in total. The summed E-state index contributed by atoms with van der Waals surface area (Å²) in [5.74, 6) is 1.14.